The third-order valence-corrected chi connectivity index (χ3v) is 3.03. The lowest BCUT2D eigenvalue weighted by Gasteiger charge is -2.10. The zero-order valence-corrected chi connectivity index (χ0v) is 11.4. The van der Waals surface area contributed by atoms with Crippen LogP contribution in [0.15, 0.2) is 41.0 Å². The van der Waals surface area contributed by atoms with E-state index in [-0.39, 0.29) is 18.2 Å². The molecule has 0 aliphatic heterocycles. The highest BCUT2D eigenvalue weighted by Crippen LogP contribution is 2.17. The summed E-state index contributed by atoms with van der Waals surface area (Å²) < 4.78 is 4.94. The SMILES string of the molecule is Cc1cccc(NC(=O)CNC(=O)c2ccco2)c1C. The number of amides is 2. The van der Waals surface area contributed by atoms with Gasteiger partial charge in [0.1, 0.15) is 0 Å². The van der Waals surface area contributed by atoms with Crippen molar-refractivity contribution in [2.45, 2.75) is 13.8 Å². The molecule has 1 heterocycles. The van der Waals surface area contributed by atoms with E-state index < -0.39 is 5.91 Å². The van der Waals surface area contributed by atoms with Crippen LogP contribution in [-0.4, -0.2) is 18.4 Å². The Hall–Kier alpha value is -2.56. The normalized spacial score (nSPS) is 10.1. The van der Waals surface area contributed by atoms with E-state index in [0.717, 1.165) is 16.8 Å². The summed E-state index contributed by atoms with van der Waals surface area (Å²) in [5.74, 6) is -0.505. The van der Waals surface area contributed by atoms with Crippen LogP contribution in [0.3, 0.4) is 0 Å². The Morgan fingerprint density at radius 2 is 1.95 bits per heavy atom. The Bertz CT molecular complexity index is 618. The largest absolute Gasteiger partial charge is 0.459 e. The molecule has 0 bridgehead atoms. The maximum Gasteiger partial charge on any atom is 0.287 e. The minimum Gasteiger partial charge on any atom is -0.459 e. The molecule has 0 saturated heterocycles. The van der Waals surface area contributed by atoms with Gasteiger partial charge >= 0.3 is 0 Å². The van der Waals surface area contributed by atoms with Gasteiger partial charge in [-0.05, 0) is 43.2 Å². The zero-order chi connectivity index (χ0) is 14.5. The number of hydrogen-bond acceptors (Lipinski definition) is 3. The topological polar surface area (TPSA) is 71.3 Å². The molecular weight excluding hydrogens is 256 g/mol. The van der Waals surface area contributed by atoms with Crippen LogP contribution in [0.5, 0.6) is 0 Å². The molecule has 20 heavy (non-hydrogen) atoms. The molecule has 1 aromatic heterocycles. The van der Waals surface area contributed by atoms with E-state index in [0.29, 0.717) is 0 Å². The van der Waals surface area contributed by atoms with E-state index in [1.807, 2.05) is 32.0 Å². The number of furan rings is 1. The van der Waals surface area contributed by atoms with Crippen molar-refractivity contribution < 1.29 is 14.0 Å². The lowest BCUT2D eigenvalue weighted by atomic mass is 10.1. The van der Waals surface area contributed by atoms with Crippen molar-refractivity contribution in [3.63, 3.8) is 0 Å². The molecule has 5 heteroatoms. The number of anilines is 1. The number of carbonyl (C=O) groups is 2. The lowest BCUT2D eigenvalue weighted by molar-refractivity contribution is -0.115. The van der Waals surface area contributed by atoms with Gasteiger partial charge in [-0.25, -0.2) is 0 Å². The summed E-state index contributed by atoms with van der Waals surface area (Å²) in [6.45, 7) is 3.81. The maximum atomic E-state index is 11.8. The van der Waals surface area contributed by atoms with Gasteiger partial charge in [-0.3, -0.25) is 9.59 Å². The molecule has 2 rings (SSSR count). The number of nitrogens with one attached hydrogen (secondary N) is 2. The summed E-state index contributed by atoms with van der Waals surface area (Å²) in [5, 5.41) is 5.26. The molecule has 0 spiro atoms. The molecule has 2 aromatic rings. The number of benzene rings is 1. The standard InChI is InChI=1S/C15H16N2O3/c1-10-5-3-6-12(11(10)2)17-14(18)9-16-15(19)13-7-4-8-20-13/h3-8H,9H2,1-2H3,(H,16,19)(H,17,18). The van der Waals surface area contributed by atoms with Gasteiger partial charge in [0.05, 0.1) is 12.8 Å². The maximum absolute atomic E-state index is 11.8. The minimum atomic E-state index is -0.411. The first-order chi connectivity index (χ1) is 9.58. The quantitative estimate of drug-likeness (QED) is 0.896. The monoisotopic (exact) mass is 272 g/mol. The lowest BCUT2D eigenvalue weighted by Crippen LogP contribution is -2.32. The molecule has 5 nitrogen and oxygen atoms in total. The Morgan fingerprint density at radius 3 is 2.65 bits per heavy atom. The van der Waals surface area contributed by atoms with E-state index in [1.165, 1.54) is 12.3 Å². The third-order valence-electron chi connectivity index (χ3n) is 3.03. The smallest absolute Gasteiger partial charge is 0.287 e. The highest BCUT2D eigenvalue weighted by molar-refractivity contribution is 5.98. The first kappa shape index (κ1) is 13.9. The number of aryl methyl sites for hydroxylation is 1. The van der Waals surface area contributed by atoms with Gasteiger partial charge in [0.2, 0.25) is 5.91 Å². The van der Waals surface area contributed by atoms with Gasteiger partial charge < -0.3 is 15.1 Å². The van der Waals surface area contributed by atoms with Crippen molar-refractivity contribution >= 4 is 17.5 Å². The van der Waals surface area contributed by atoms with Crippen LogP contribution in [0.2, 0.25) is 0 Å². The summed E-state index contributed by atoms with van der Waals surface area (Å²) in [6.07, 6.45) is 1.41. The van der Waals surface area contributed by atoms with E-state index in [9.17, 15) is 9.59 Å². The van der Waals surface area contributed by atoms with Gasteiger partial charge in [0, 0.05) is 5.69 Å². The second-order valence-electron chi connectivity index (χ2n) is 4.46. The van der Waals surface area contributed by atoms with Crippen LogP contribution in [0, 0.1) is 13.8 Å². The molecule has 0 aliphatic rings. The van der Waals surface area contributed by atoms with Crippen molar-refractivity contribution in [2.24, 2.45) is 0 Å². The fraction of sp³-hybridized carbons (Fsp3) is 0.200. The second kappa shape index (κ2) is 6.06. The molecule has 0 radical (unpaired) electrons. The Morgan fingerprint density at radius 1 is 1.15 bits per heavy atom. The first-order valence-electron chi connectivity index (χ1n) is 6.25. The summed E-state index contributed by atoms with van der Waals surface area (Å²) in [6, 6.07) is 8.83. The Kier molecular flexibility index (Phi) is 4.20. The fourth-order valence-electron chi connectivity index (χ4n) is 1.74. The van der Waals surface area contributed by atoms with Crippen molar-refractivity contribution in [3.8, 4) is 0 Å². The highest BCUT2D eigenvalue weighted by Gasteiger charge is 2.11. The predicted octanol–water partition coefficient (Wildman–Crippen LogP) is 2.26. The van der Waals surface area contributed by atoms with Gasteiger partial charge in [-0.1, -0.05) is 12.1 Å². The second-order valence-corrected chi connectivity index (χ2v) is 4.46. The molecule has 2 amide bonds. The van der Waals surface area contributed by atoms with Crippen LogP contribution in [0.1, 0.15) is 21.7 Å². The van der Waals surface area contributed by atoms with Crippen molar-refractivity contribution in [2.75, 3.05) is 11.9 Å². The first-order valence-corrected chi connectivity index (χ1v) is 6.25. The van der Waals surface area contributed by atoms with Gasteiger partial charge in [0.15, 0.2) is 5.76 Å². The Balaban J connectivity index is 1.90. The predicted molar refractivity (Wildman–Crippen MR) is 75.6 cm³/mol. The molecule has 0 saturated carbocycles. The van der Waals surface area contributed by atoms with Gasteiger partial charge in [0.25, 0.3) is 5.91 Å². The fourth-order valence-corrected chi connectivity index (χ4v) is 1.74. The van der Waals surface area contributed by atoms with Crippen LogP contribution >= 0.6 is 0 Å². The van der Waals surface area contributed by atoms with Gasteiger partial charge in [-0.15, -0.1) is 0 Å². The summed E-state index contributed by atoms with van der Waals surface area (Å²) in [4.78, 5) is 23.4. The van der Waals surface area contributed by atoms with Crippen molar-refractivity contribution in [1.82, 2.24) is 5.32 Å². The van der Waals surface area contributed by atoms with E-state index in [2.05, 4.69) is 10.6 Å². The number of carbonyl (C=O) groups excluding carboxylic acids is 2. The minimum absolute atomic E-state index is 0.104. The van der Waals surface area contributed by atoms with E-state index in [4.69, 9.17) is 4.42 Å². The molecule has 0 aliphatic carbocycles. The molecule has 104 valence electrons. The molecule has 1 aromatic carbocycles. The molecule has 0 unspecified atom stereocenters. The molecular formula is C15H16N2O3. The average Bonchev–Trinajstić information content (AvgIpc) is 2.95. The third kappa shape index (κ3) is 3.26. The molecule has 2 N–H and O–H groups in total. The summed E-state index contributed by atoms with van der Waals surface area (Å²) >= 11 is 0. The number of hydrogen-bond donors (Lipinski definition) is 2. The molecule has 0 atom stereocenters. The summed E-state index contributed by atoms with van der Waals surface area (Å²) in [5.41, 5.74) is 2.86. The zero-order valence-electron chi connectivity index (χ0n) is 11.4. The number of rotatable bonds is 4. The van der Waals surface area contributed by atoms with Crippen LogP contribution in [-0.2, 0) is 4.79 Å². The highest BCUT2D eigenvalue weighted by atomic mass is 16.3. The van der Waals surface area contributed by atoms with Crippen LogP contribution in [0.25, 0.3) is 0 Å². The van der Waals surface area contributed by atoms with Crippen molar-refractivity contribution in [1.29, 1.82) is 0 Å². The molecule has 0 fully saturated rings. The Labute approximate surface area is 117 Å². The van der Waals surface area contributed by atoms with Crippen molar-refractivity contribution in [3.05, 3.63) is 53.5 Å². The van der Waals surface area contributed by atoms with E-state index in [1.54, 1.807) is 6.07 Å². The van der Waals surface area contributed by atoms with E-state index >= 15 is 0 Å². The average molecular weight is 272 g/mol. The summed E-state index contributed by atoms with van der Waals surface area (Å²) in [7, 11) is 0. The van der Waals surface area contributed by atoms with Crippen LogP contribution in [0.4, 0.5) is 5.69 Å². The van der Waals surface area contributed by atoms with Gasteiger partial charge in [-0.2, -0.15) is 0 Å². The van der Waals surface area contributed by atoms with Crippen LogP contribution < -0.4 is 10.6 Å².